The van der Waals surface area contributed by atoms with E-state index in [0.717, 1.165) is 11.3 Å². The zero-order chi connectivity index (χ0) is 13.7. The van der Waals surface area contributed by atoms with Gasteiger partial charge in [0, 0.05) is 17.4 Å². The Kier molecular flexibility index (Phi) is 2.59. The molecule has 0 radical (unpaired) electrons. The summed E-state index contributed by atoms with van der Waals surface area (Å²) < 4.78 is 7.16. The van der Waals surface area contributed by atoms with Crippen molar-refractivity contribution in [2.24, 2.45) is 22.9 Å². The van der Waals surface area contributed by atoms with Gasteiger partial charge in [0.1, 0.15) is 5.75 Å². The van der Waals surface area contributed by atoms with Crippen molar-refractivity contribution in [1.29, 1.82) is 0 Å². The van der Waals surface area contributed by atoms with Crippen molar-refractivity contribution < 1.29 is 14.5 Å². The second-order valence-corrected chi connectivity index (χ2v) is 6.07. The smallest absolute Gasteiger partial charge is 0.203 e. The lowest BCUT2D eigenvalue weighted by molar-refractivity contribution is -0.569. The number of fused-ring (bicyclic) bond motifs is 5. The van der Waals surface area contributed by atoms with Crippen LogP contribution in [0.1, 0.15) is 24.8 Å². The molecule has 104 valence electrons. The Hall–Kier alpha value is -1.84. The van der Waals surface area contributed by atoms with Crippen LogP contribution in [-0.4, -0.2) is 29.9 Å². The van der Waals surface area contributed by atoms with Crippen LogP contribution in [0.15, 0.2) is 29.4 Å². The molecule has 4 unspecified atom stereocenters. The summed E-state index contributed by atoms with van der Waals surface area (Å²) in [4.78, 5) is 0. The predicted molar refractivity (Wildman–Crippen MR) is 74.0 cm³/mol. The standard InChI is InChI=1S/C16H18N2O2/c1-20-13-4-2-3-10(7-13)9-18-15-12-6-5-11(8-12)14(15)16(19)17-18/h2-4,7,9,11-12,14-15H,5-6,8H2,1H3. The minimum atomic E-state index is 0.0846. The van der Waals surface area contributed by atoms with Crippen molar-refractivity contribution in [3.05, 3.63) is 29.8 Å². The fraction of sp³-hybridized carbons (Fsp3) is 0.500. The van der Waals surface area contributed by atoms with Gasteiger partial charge < -0.3 is 9.84 Å². The van der Waals surface area contributed by atoms with Crippen LogP contribution in [0.4, 0.5) is 0 Å². The molecule has 2 aliphatic carbocycles. The fourth-order valence-electron chi connectivity index (χ4n) is 4.23. The number of hydrogen-bond donors (Lipinski definition) is 0. The third kappa shape index (κ3) is 1.67. The number of benzene rings is 1. The van der Waals surface area contributed by atoms with Crippen molar-refractivity contribution in [3.63, 3.8) is 0 Å². The lowest BCUT2D eigenvalue weighted by Gasteiger charge is -2.22. The molecule has 4 atom stereocenters. The highest BCUT2D eigenvalue weighted by atomic mass is 16.5. The first-order chi connectivity index (χ1) is 9.76. The van der Waals surface area contributed by atoms with Crippen LogP contribution in [0.3, 0.4) is 0 Å². The van der Waals surface area contributed by atoms with Gasteiger partial charge in [-0.2, -0.15) is 0 Å². The van der Waals surface area contributed by atoms with E-state index in [0.29, 0.717) is 17.9 Å². The first-order valence-corrected chi connectivity index (χ1v) is 7.29. The van der Waals surface area contributed by atoms with E-state index in [-0.39, 0.29) is 11.8 Å². The molecule has 3 aliphatic rings. The Balaban J connectivity index is 1.69. The van der Waals surface area contributed by atoms with Gasteiger partial charge in [-0.15, -0.1) is 0 Å². The van der Waals surface area contributed by atoms with Crippen LogP contribution in [-0.2, 0) is 0 Å². The van der Waals surface area contributed by atoms with Crippen LogP contribution in [0.25, 0.3) is 0 Å². The normalized spacial score (nSPS) is 36.2. The summed E-state index contributed by atoms with van der Waals surface area (Å²) in [6.07, 6.45) is 5.65. The van der Waals surface area contributed by atoms with Crippen molar-refractivity contribution >= 4 is 12.1 Å². The predicted octanol–water partition coefficient (Wildman–Crippen LogP) is 1.23. The minimum absolute atomic E-state index is 0.0846. The molecule has 1 aromatic rings. The van der Waals surface area contributed by atoms with Gasteiger partial charge in [-0.05, 0) is 48.5 Å². The van der Waals surface area contributed by atoms with Gasteiger partial charge in [-0.25, -0.2) is 0 Å². The SMILES string of the molecule is COc1cccc(C=[N+]2N=C([O-])C3C4CCC(C4)C32)c1. The molecule has 0 saturated heterocycles. The van der Waals surface area contributed by atoms with Crippen molar-refractivity contribution in [2.75, 3.05) is 7.11 Å². The summed E-state index contributed by atoms with van der Waals surface area (Å²) in [7, 11) is 1.66. The first-order valence-electron chi connectivity index (χ1n) is 7.29. The number of hydrazone groups is 1. The highest BCUT2D eigenvalue weighted by molar-refractivity contribution is 5.80. The van der Waals surface area contributed by atoms with E-state index in [1.807, 2.05) is 35.2 Å². The molecule has 20 heavy (non-hydrogen) atoms. The van der Waals surface area contributed by atoms with Crippen molar-refractivity contribution in [3.8, 4) is 5.75 Å². The Morgan fingerprint density at radius 2 is 2.20 bits per heavy atom. The van der Waals surface area contributed by atoms with Gasteiger partial charge in [-0.3, -0.25) is 0 Å². The lowest BCUT2D eigenvalue weighted by atomic mass is 9.85. The lowest BCUT2D eigenvalue weighted by Crippen LogP contribution is -2.37. The molecule has 2 saturated carbocycles. The topological polar surface area (TPSA) is 47.7 Å². The molecular weight excluding hydrogens is 252 g/mol. The van der Waals surface area contributed by atoms with Gasteiger partial charge in [0.05, 0.1) is 13.0 Å². The molecule has 0 N–H and O–H groups in total. The van der Waals surface area contributed by atoms with E-state index in [9.17, 15) is 5.11 Å². The molecule has 4 heteroatoms. The molecule has 0 spiro atoms. The Bertz CT molecular complexity index is 608. The van der Waals surface area contributed by atoms with Gasteiger partial charge in [0.2, 0.25) is 6.21 Å². The van der Waals surface area contributed by atoms with Crippen LogP contribution < -0.4 is 9.84 Å². The maximum Gasteiger partial charge on any atom is 0.203 e. The average molecular weight is 270 g/mol. The molecule has 0 aromatic heterocycles. The molecule has 1 aliphatic heterocycles. The molecule has 1 heterocycles. The van der Waals surface area contributed by atoms with Crippen LogP contribution in [0, 0.1) is 17.8 Å². The first kappa shape index (κ1) is 11.9. The molecule has 0 amide bonds. The van der Waals surface area contributed by atoms with Crippen LogP contribution in [0.2, 0.25) is 0 Å². The van der Waals surface area contributed by atoms with Gasteiger partial charge in [0.15, 0.2) is 6.04 Å². The van der Waals surface area contributed by atoms with Crippen molar-refractivity contribution in [1.82, 2.24) is 0 Å². The zero-order valence-electron chi connectivity index (χ0n) is 11.5. The number of nitrogens with zero attached hydrogens (tertiary/aromatic N) is 2. The van der Waals surface area contributed by atoms with Crippen molar-refractivity contribution in [2.45, 2.75) is 25.3 Å². The average Bonchev–Trinajstić information content (AvgIpc) is 3.14. The van der Waals surface area contributed by atoms with E-state index in [1.54, 1.807) is 7.11 Å². The van der Waals surface area contributed by atoms with Crippen LogP contribution in [0.5, 0.6) is 5.75 Å². The van der Waals surface area contributed by atoms with E-state index >= 15 is 0 Å². The maximum atomic E-state index is 12.1. The summed E-state index contributed by atoms with van der Waals surface area (Å²) in [6.45, 7) is 0. The number of ether oxygens (including phenoxy) is 1. The summed E-state index contributed by atoms with van der Waals surface area (Å²) in [5.74, 6) is 2.28. The second kappa shape index (κ2) is 4.33. The monoisotopic (exact) mass is 270 g/mol. The third-order valence-corrected chi connectivity index (χ3v) is 5.05. The third-order valence-electron chi connectivity index (χ3n) is 5.05. The second-order valence-electron chi connectivity index (χ2n) is 6.07. The molecular formula is C16H18N2O2. The Morgan fingerprint density at radius 3 is 3.05 bits per heavy atom. The van der Waals surface area contributed by atoms with E-state index in [1.165, 1.54) is 19.3 Å². The number of hydrogen-bond acceptors (Lipinski definition) is 3. The van der Waals surface area contributed by atoms with E-state index in [2.05, 4.69) is 5.10 Å². The molecule has 4 rings (SSSR count). The highest BCUT2D eigenvalue weighted by Gasteiger charge is 2.57. The molecule has 2 bridgehead atoms. The summed E-state index contributed by atoms with van der Waals surface area (Å²) in [5.41, 5.74) is 1.03. The zero-order valence-corrected chi connectivity index (χ0v) is 11.5. The quantitative estimate of drug-likeness (QED) is 0.759. The van der Waals surface area contributed by atoms with Gasteiger partial charge >= 0.3 is 0 Å². The molecule has 2 fully saturated rings. The molecule has 1 aromatic carbocycles. The summed E-state index contributed by atoms with van der Waals surface area (Å²) >= 11 is 0. The summed E-state index contributed by atoms with van der Waals surface area (Å²) in [5, 5.41) is 16.4. The van der Waals surface area contributed by atoms with E-state index in [4.69, 9.17) is 4.74 Å². The largest absolute Gasteiger partial charge is 0.857 e. The fourth-order valence-corrected chi connectivity index (χ4v) is 4.23. The summed E-state index contributed by atoms with van der Waals surface area (Å²) in [6, 6.07) is 8.17. The van der Waals surface area contributed by atoms with Gasteiger partial charge in [0.25, 0.3) is 0 Å². The number of rotatable bonds is 2. The highest BCUT2D eigenvalue weighted by Crippen LogP contribution is 2.51. The van der Waals surface area contributed by atoms with Crippen LogP contribution >= 0.6 is 0 Å². The number of methoxy groups -OCH3 is 1. The Labute approximate surface area is 118 Å². The van der Waals surface area contributed by atoms with Gasteiger partial charge in [-0.1, -0.05) is 10.8 Å². The van der Waals surface area contributed by atoms with E-state index < -0.39 is 0 Å². The maximum absolute atomic E-state index is 12.1. The minimum Gasteiger partial charge on any atom is -0.857 e. The molecule has 4 nitrogen and oxygen atoms in total. The Morgan fingerprint density at radius 1 is 1.35 bits per heavy atom.